The highest BCUT2D eigenvalue weighted by Gasteiger charge is 2.31. The zero-order valence-corrected chi connectivity index (χ0v) is 12.5. The van der Waals surface area contributed by atoms with Crippen LogP contribution in [0.4, 0.5) is 5.69 Å². The molecule has 0 aromatic heterocycles. The lowest BCUT2D eigenvalue weighted by atomic mass is 10.2. The van der Waals surface area contributed by atoms with Crippen LogP contribution in [0, 0.1) is 0 Å². The van der Waals surface area contributed by atoms with Crippen LogP contribution in [0.15, 0.2) is 50.6 Å². The van der Waals surface area contributed by atoms with Crippen molar-refractivity contribution < 1.29 is 8.42 Å². The first-order chi connectivity index (χ1) is 7.94. The molecule has 0 N–H and O–H groups in total. The van der Waals surface area contributed by atoms with E-state index >= 15 is 0 Å². The first kappa shape index (κ1) is 12.6. The van der Waals surface area contributed by atoms with Crippen molar-refractivity contribution in [3.05, 3.63) is 50.6 Å². The average Bonchev–Trinajstić information content (AvgIpc) is 2.27. The molecule has 0 spiro atoms. The molecule has 0 fully saturated rings. The zero-order valence-electron chi connectivity index (χ0n) is 9.51. The molecule has 90 valence electrons. The van der Waals surface area contributed by atoms with Gasteiger partial charge in [0.15, 0.2) is 0 Å². The summed E-state index contributed by atoms with van der Waals surface area (Å²) in [5.74, 6) is 0. The minimum Gasteiger partial charge on any atom is -0.239 e. The third-order valence-electron chi connectivity index (χ3n) is 2.51. The van der Waals surface area contributed by atoms with Gasteiger partial charge in [-0.2, -0.15) is 0 Å². The number of hydrogen-bond donors (Lipinski definition) is 0. The molecule has 0 unspecified atom stereocenters. The van der Waals surface area contributed by atoms with Gasteiger partial charge in [0.05, 0.1) is 5.69 Å². The van der Waals surface area contributed by atoms with Gasteiger partial charge in [-0.05, 0) is 60.2 Å². The van der Waals surface area contributed by atoms with Crippen molar-refractivity contribution in [2.75, 3.05) is 4.31 Å². The molecule has 0 saturated carbocycles. The summed E-state index contributed by atoms with van der Waals surface area (Å²) >= 11 is 1.88. The Morgan fingerprint density at radius 3 is 2.29 bits per heavy atom. The van der Waals surface area contributed by atoms with Gasteiger partial charge in [0, 0.05) is 5.70 Å². The summed E-state index contributed by atoms with van der Waals surface area (Å²) in [6, 6.07) is 9.11. The monoisotopic (exact) mass is 361 g/mol. The van der Waals surface area contributed by atoms with Crippen LogP contribution >= 0.6 is 22.6 Å². The van der Waals surface area contributed by atoms with Crippen LogP contribution in [-0.2, 0) is 10.0 Å². The largest absolute Gasteiger partial charge is 0.274 e. The molecule has 0 saturated heterocycles. The van der Waals surface area contributed by atoms with Crippen molar-refractivity contribution in [3.8, 4) is 0 Å². The van der Waals surface area contributed by atoms with Crippen molar-refractivity contribution >= 4 is 38.3 Å². The molecule has 0 bridgehead atoms. The van der Waals surface area contributed by atoms with Crippen LogP contribution < -0.4 is 4.31 Å². The normalized spacial score (nSPS) is 19.2. The second kappa shape index (κ2) is 4.45. The molecule has 2 rings (SSSR count). The lowest BCUT2D eigenvalue weighted by Crippen LogP contribution is -2.31. The second-order valence-electron chi connectivity index (χ2n) is 3.85. The van der Waals surface area contributed by atoms with Gasteiger partial charge in [-0.15, -0.1) is 0 Å². The summed E-state index contributed by atoms with van der Waals surface area (Å²) < 4.78 is 26.5. The Kier molecular flexibility index (Phi) is 3.31. The molecule has 3 nitrogen and oxygen atoms in total. The van der Waals surface area contributed by atoms with E-state index in [1.807, 2.05) is 53.8 Å². The highest BCUT2D eigenvalue weighted by atomic mass is 127. The summed E-state index contributed by atoms with van der Waals surface area (Å²) in [4.78, 5) is 0. The molecule has 1 aliphatic heterocycles. The van der Waals surface area contributed by atoms with E-state index in [1.165, 1.54) is 4.31 Å². The SMILES string of the molecule is CC1=CC(C)=C(I)S(=O)(=O)N1c1ccccc1. The summed E-state index contributed by atoms with van der Waals surface area (Å²) in [5.41, 5.74) is 2.17. The lowest BCUT2D eigenvalue weighted by Gasteiger charge is -2.28. The Hall–Kier alpha value is -0.820. The number of anilines is 1. The summed E-state index contributed by atoms with van der Waals surface area (Å²) in [6.07, 6.45) is 1.88. The smallest absolute Gasteiger partial charge is 0.239 e. The van der Waals surface area contributed by atoms with Crippen LogP contribution in [-0.4, -0.2) is 8.42 Å². The first-order valence-electron chi connectivity index (χ1n) is 5.09. The molecule has 1 aliphatic rings. The van der Waals surface area contributed by atoms with Gasteiger partial charge in [0.25, 0.3) is 10.0 Å². The fraction of sp³-hybridized carbons (Fsp3) is 0.167. The van der Waals surface area contributed by atoms with Crippen molar-refractivity contribution in [2.45, 2.75) is 13.8 Å². The maximum absolute atomic E-state index is 12.4. The molecular formula is C12H12INO2S. The van der Waals surface area contributed by atoms with Crippen molar-refractivity contribution in [1.82, 2.24) is 0 Å². The minimum absolute atomic E-state index is 0.379. The van der Waals surface area contributed by atoms with Crippen LogP contribution in [0.5, 0.6) is 0 Å². The van der Waals surface area contributed by atoms with Gasteiger partial charge in [0.2, 0.25) is 0 Å². The molecular weight excluding hydrogens is 349 g/mol. The lowest BCUT2D eigenvalue weighted by molar-refractivity contribution is 0.602. The third kappa shape index (κ3) is 2.13. The Bertz CT molecular complexity index is 603. The van der Waals surface area contributed by atoms with E-state index in [9.17, 15) is 8.42 Å². The van der Waals surface area contributed by atoms with Crippen LogP contribution in [0.3, 0.4) is 0 Å². The summed E-state index contributed by atoms with van der Waals surface area (Å²) in [7, 11) is -3.42. The molecule has 1 aromatic carbocycles. The summed E-state index contributed by atoms with van der Waals surface area (Å²) in [6.45, 7) is 3.61. The Morgan fingerprint density at radius 2 is 1.71 bits per heavy atom. The van der Waals surface area contributed by atoms with Crippen LogP contribution in [0.1, 0.15) is 13.8 Å². The minimum atomic E-state index is -3.42. The number of halogens is 1. The number of para-hydroxylation sites is 1. The highest BCUT2D eigenvalue weighted by Crippen LogP contribution is 2.35. The Morgan fingerprint density at radius 1 is 1.12 bits per heavy atom. The van der Waals surface area contributed by atoms with Gasteiger partial charge in [-0.1, -0.05) is 18.2 Å². The number of sulfonamides is 1. The molecule has 0 amide bonds. The van der Waals surface area contributed by atoms with E-state index in [1.54, 1.807) is 19.1 Å². The maximum Gasteiger partial charge on any atom is 0.274 e. The van der Waals surface area contributed by atoms with Gasteiger partial charge < -0.3 is 0 Å². The molecule has 0 atom stereocenters. The molecule has 0 aliphatic carbocycles. The van der Waals surface area contributed by atoms with Crippen LogP contribution in [0.2, 0.25) is 0 Å². The van der Waals surface area contributed by atoms with E-state index in [0.29, 0.717) is 14.3 Å². The molecule has 1 aromatic rings. The average molecular weight is 361 g/mol. The van der Waals surface area contributed by atoms with Crippen molar-refractivity contribution in [1.29, 1.82) is 0 Å². The van der Waals surface area contributed by atoms with Gasteiger partial charge in [-0.25, -0.2) is 12.7 Å². The predicted octanol–water partition coefficient (Wildman–Crippen LogP) is 3.41. The maximum atomic E-state index is 12.4. The first-order valence-corrected chi connectivity index (χ1v) is 7.61. The van der Waals surface area contributed by atoms with E-state index in [4.69, 9.17) is 0 Å². The summed E-state index contributed by atoms with van der Waals surface area (Å²) in [5, 5.41) is 0. The number of nitrogens with zero attached hydrogens (tertiary/aromatic N) is 1. The van der Waals surface area contributed by atoms with Crippen molar-refractivity contribution in [3.63, 3.8) is 0 Å². The van der Waals surface area contributed by atoms with Gasteiger partial charge >= 0.3 is 0 Å². The van der Waals surface area contributed by atoms with Crippen molar-refractivity contribution in [2.24, 2.45) is 0 Å². The molecule has 5 heteroatoms. The fourth-order valence-electron chi connectivity index (χ4n) is 1.81. The number of rotatable bonds is 1. The van der Waals surface area contributed by atoms with E-state index in [-0.39, 0.29) is 0 Å². The predicted molar refractivity (Wildman–Crippen MR) is 78.3 cm³/mol. The molecule has 1 heterocycles. The number of benzene rings is 1. The van der Waals surface area contributed by atoms with Gasteiger partial charge in [0.1, 0.15) is 2.91 Å². The second-order valence-corrected chi connectivity index (χ2v) is 7.38. The molecule has 17 heavy (non-hydrogen) atoms. The topological polar surface area (TPSA) is 37.4 Å². The number of hydrogen-bond acceptors (Lipinski definition) is 2. The standard InChI is InChI=1S/C12H12INO2S/c1-9-8-10(2)14(17(15,16)12(9)13)11-6-4-3-5-7-11/h3-8H,1-2H3. The Balaban J connectivity index is 2.62. The highest BCUT2D eigenvalue weighted by molar-refractivity contribution is 14.1. The Labute approximate surface area is 115 Å². The quantitative estimate of drug-likeness (QED) is 0.719. The van der Waals surface area contributed by atoms with Gasteiger partial charge in [-0.3, -0.25) is 0 Å². The molecule has 0 radical (unpaired) electrons. The zero-order chi connectivity index (χ0) is 12.6. The number of allylic oxidation sites excluding steroid dienone is 3. The van der Waals surface area contributed by atoms with Crippen LogP contribution in [0.25, 0.3) is 0 Å². The van der Waals surface area contributed by atoms with E-state index in [2.05, 4.69) is 0 Å². The third-order valence-corrected chi connectivity index (χ3v) is 6.79. The fourth-order valence-corrected chi connectivity index (χ4v) is 4.01. The van der Waals surface area contributed by atoms with E-state index < -0.39 is 10.0 Å². The van der Waals surface area contributed by atoms with E-state index in [0.717, 1.165) is 5.57 Å².